The molecule has 0 aliphatic heterocycles. The van der Waals surface area contributed by atoms with Crippen LogP contribution in [-0.4, -0.2) is 25.6 Å². The van der Waals surface area contributed by atoms with Gasteiger partial charge in [0.15, 0.2) is 5.78 Å². The number of allylic oxidation sites excluding steroid dienone is 3. The molecule has 3 heteroatoms. The van der Waals surface area contributed by atoms with E-state index in [1.807, 2.05) is 20.8 Å². The van der Waals surface area contributed by atoms with Gasteiger partial charge in [0.25, 0.3) is 0 Å². The number of carbonyl (C=O) groups is 1. The van der Waals surface area contributed by atoms with Crippen LogP contribution in [0.4, 0.5) is 0 Å². The third-order valence-electron chi connectivity index (χ3n) is 4.43. The molecule has 1 aliphatic carbocycles. The van der Waals surface area contributed by atoms with Crippen LogP contribution in [0.5, 0.6) is 0 Å². The Morgan fingerprint density at radius 2 is 1.92 bits per heavy atom. The number of carbonyl (C=O) groups excluding carboxylic acids is 1. The fourth-order valence-corrected chi connectivity index (χ4v) is 4.55. The summed E-state index contributed by atoms with van der Waals surface area (Å²) in [4.78, 5) is 12.4. The average Bonchev–Trinajstić information content (AvgIpc) is 2.73. The van der Waals surface area contributed by atoms with Crippen LogP contribution in [0.2, 0.25) is 19.6 Å². The van der Waals surface area contributed by atoms with Crippen LogP contribution in [0, 0.1) is 0 Å². The van der Waals surface area contributed by atoms with Crippen LogP contribution in [0.1, 0.15) is 72.6 Å². The first-order valence-electron chi connectivity index (χ1n) is 9.64. The highest BCUT2D eigenvalue weighted by molar-refractivity contribution is 6.83. The molecule has 138 valence electrons. The van der Waals surface area contributed by atoms with E-state index in [0.717, 1.165) is 18.4 Å². The molecule has 1 unspecified atom stereocenters. The molecule has 2 nitrogen and oxygen atoms in total. The van der Waals surface area contributed by atoms with Crippen LogP contribution >= 0.6 is 0 Å². The quantitative estimate of drug-likeness (QED) is 0.364. The molecule has 0 spiro atoms. The monoisotopic (exact) mass is 350 g/mol. The van der Waals surface area contributed by atoms with Gasteiger partial charge in [-0.15, -0.1) is 0 Å². The second kappa shape index (κ2) is 9.14. The molecule has 1 rings (SSSR count). The van der Waals surface area contributed by atoms with Crippen LogP contribution in [0.3, 0.4) is 0 Å². The van der Waals surface area contributed by atoms with Gasteiger partial charge in [0.05, 0.1) is 19.8 Å². The van der Waals surface area contributed by atoms with Crippen molar-refractivity contribution in [2.75, 3.05) is 0 Å². The highest BCUT2D eigenvalue weighted by Gasteiger charge is 2.30. The summed E-state index contributed by atoms with van der Waals surface area (Å²) < 4.78 is 5.99. The lowest BCUT2D eigenvalue weighted by Gasteiger charge is -2.23. The highest BCUT2D eigenvalue weighted by Crippen LogP contribution is 2.30. The van der Waals surface area contributed by atoms with E-state index in [0.29, 0.717) is 6.42 Å². The maximum atomic E-state index is 12.4. The number of ketones is 1. The fourth-order valence-electron chi connectivity index (χ4n) is 3.07. The summed E-state index contributed by atoms with van der Waals surface area (Å²) >= 11 is 0. The average molecular weight is 351 g/mol. The highest BCUT2D eigenvalue weighted by atomic mass is 28.3. The molecule has 0 aromatic heterocycles. The van der Waals surface area contributed by atoms with Crippen molar-refractivity contribution in [3.05, 3.63) is 22.9 Å². The third-order valence-corrected chi connectivity index (χ3v) is 6.74. The molecular weight excluding hydrogens is 312 g/mol. The third kappa shape index (κ3) is 7.93. The summed E-state index contributed by atoms with van der Waals surface area (Å²) in [5, 5.41) is 1.52. The van der Waals surface area contributed by atoms with Gasteiger partial charge in [-0.1, -0.05) is 57.1 Å². The first kappa shape index (κ1) is 21.4. The van der Waals surface area contributed by atoms with Gasteiger partial charge in [-0.25, -0.2) is 0 Å². The van der Waals surface area contributed by atoms with E-state index in [1.54, 1.807) is 0 Å². The van der Waals surface area contributed by atoms with E-state index in [2.05, 4.69) is 38.7 Å². The zero-order valence-corrected chi connectivity index (χ0v) is 18.0. The minimum absolute atomic E-state index is 0.0417. The first-order chi connectivity index (χ1) is 11.0. The van der Waals surface area contributed by atoms with E-state index >= 15 is 0 Å². The Hall–Kier alpha value is -0.673. The maximum absolute atomic E-state index is 12.4. The Balaban J connectivity index is 2.74. The predicted octanol–water partition coefficient (Wildman–Crippen LogP) is 6.23. The van der Waals surface area contributed by atoms with Crippen molar-refractivity contribution in [3.63, 3.8) is 0 Å². The SMILES string of the molecule is CCCCCCC=C(CC1=CC(OC(C)(C)C)CC1=O)[Si](C)(C)C. The molecule has 0 heterocycles. The van der Waals surface area contributed by atoms with Crippen LogP contribution in [0.25, 0.3) is 0 Å². The Bertz CT molecular complexity index is 475. The lowest BCUT2D eigenvalue weighted by molar-refractivity contribution is -0.118. The Morgan fingerprint density at radius 1 is 1.25 bits per heavy atom. The van der Waals surface area contributed by atoms with Crippen molar-refractivity contribution in [2.45, 2.75) is 104 Å². The molecule has 0 N–H and O–H groups in total. The van der Waals surface area contributed by atoms with Crippen molar-refractivity contribution in [2.24, 2.45) is 0 Å². The first-order valence-corrected chi connectivity index (χ1v) is 13.1. The molecule has 0 amide bonds. The Kier molecular flexibility index (Phi) is 8.14. The lowest BCUT2D eigenvalue weighted by Crippen LogP contribution is -2.25. The zero-order chi connectivity index (χ0) is 18.4. The van der Waals surface area contributed by atoms with Gasteiger partial charge in [0.2, 0.25) is 0 Å². The topological polar surface area (TPSA) is 26.3 Å². The van der Waals surface area contributed by atoms with Crippen LogP contribution < -0.4 is 0 Å². The number of unbranched alkanes of at least 4 members (excludes halogenated alkanes) is 4. The molecule has 0 saturated carbocycles. The van der Waals surface area contributed by atoms with Gasteiger partial charge >= 0.3 is 0 Å². The molecule has 0 saturated heterocycles. The molecule has 0 bridgehead atoms. The number of ether oxygens (including phenoxy) is 1. The summed E-state index contributed by atoms with van der Waals surface area (Å²) in [6.07, 6.45) is 12.2. The smallest absolute Gasteiger partial charge is 0.161 e. The van der Waals surface area contributed by atoms with Crippen LogP contribution in [0.15, 0.2) is 22.9 Å². The predicted molar refractivity (Wildman–Crippen MR) is 107 cm³/mol. The van der Waals surface area contributed by atoms with Crippen molar-refractivity contribution in [3.8, 4) is 0 Å². The lowest BCUT2D eigenvalue weighted by atomic mass is 10.1. The van der Waals surface area contributed by atoms with E-state index in [1.165, 1.54) is 30.9 Å². The number of rotatable bonds is 9. The van der Waals surface area contributed by atoms with Gasteiger partial charge in [-0.3, -0.25) is 4.79 Å². The molecular formula is C21H38O2Si. The molecule has 24 heavy (non-hydrogen) atoms. The van der Waals surface area contributed by atoms with E-state index in [4.69, 9.17) is 4.74 Å². The summed E-state index contributed by atoms with van der Waals surface area (Å²) in [7, 11) is -1.39. The fraction of sp³-hybridized carbons (Fsp3) is 0.762. The van der Waals surface area contributed by atoms with Crippen molar-refractivity contribution in [1.29, 1.82) is 0 Å². The minimum Gasteiger partial charge on any atom is -0.368 e. The second-order valence-corrected chi connectivity index (χ2v) is 14.2. The van der Waals surface area contributed by atoms with E-state index in [9.17, 15) is 4.79 Å². The maximum Gasteiger partial charge on any atom is 0.161 e. The normalized spacial score (nSPS) is 19.8. The number of hydrogen-bond donors (Lipinski definition) is 0. The summed E-state index contributed by atoms with van der Waals surface area (Å²) in [6, 6.07) is 0. The minimum atomic E-state index is -1.39. The van der Waals surface area contributed by atoms with Gasteiger partial charge in [0.1, 0.15) is 0 Å². The second-order valence-electron chi connectivity index (χ2n) is 9.09. The molecule has 1 aliphatic rings. The zero-order valence-electron chi connectivity index (χ0n) is 17.0. The number of hydrogen-bond acceptors (Lipinski definition) is 2. The van der Waals surface area contributed by atoms with Crippen molar-refractivity contribution < 1.29 is 9.53 Å². The summed E-state index contributed by atoms with van der Waals surface area (Å²) in [6.45, 7) is 15.5. The Labute approximate surface area is 150 Å². The molecule has 0 radical (unpaired) electrons. The van der Waals surface area contributed by atoms with E-state index < -0.39 is 8.07 Å². The molecule has 0 aromatic carbocycles. The summed E-state index contributed by atoms with van der Waals surface area (Å²) in [5.41, 5.74) is 0.777. The van der Waals surface area contributed by atoms with Gasteiger partial charge in [0, 0.05) is 6.42 Å². The molecule has 0 aromatic rings. The molecule has 0 fully saturated rings. The Morgan fingerprint density at radius 3 is 2.46 bits per heavy atom. The standard InChI is InChI=1S/C21H38O2Si/c1-8-9-10-11-12-13-19(24(5,6)7)15-17-14-18(16-20(17)22)23-21(2,3)4/h13-14,18H,8-12,15-16H2,1-7H3. The van der Waals surface area contributed by atoms with Gasteiger partial charge in [-0.05, 0) is 51.7 Å². The van der Waals surface area contributed by atoms with E-state index in [-0.39, 0.29) is 17.5 Å². The number of Topliss-reactive ketones (excluding diaryl/α,β-unsaturated/α-hetero) is 1. The summed E-state index contributed by atoms with van der Waals surface area (Å²) in [5.74, 6) is 0.277. The largest absolute Gasteiger partial charge is 0.368 e. The van der Waals surface area contributed by atoms with Crippen molar-refractivity contribution in [1.82, 2.24) is 0 Å². The van der Waals surface area contributed by atoms with Gasteiger partial charge < -0.3 is 4.74 Å². The van der Waals surface area contributed by atoms with Crippen molar-refractivity contribution >= 4 is 13.9 Å². The van der Waals surface area contributed by atoms with Crippen LogP contribution in [-0.2, 0) is 9.53 Å². The van der Waals surface area contributed by atoms with Gasteiger partial charge in [-0.2, -0.15) is 0 Å². The molecule has 1 atom stereocenters.